The Balaban J connectivity index is 1.78. The van der Waals surface area contributed by atoms with Gasteiger partial charge in [0, 0.05) is 22.8 Å². The topological polar surface area (TPSA) is 52.7 Å². The Morgan fingerprint density at radius 1 is 1.24 bits per heavy atom. The van der Waals surface area contributed by atoms with E-state index in [4.69, 9.17) is 23.8 Å². The Bertz CT molecular complexity index is 1220. The van der Waals surface area contributed by atoms with Gasteiger partial charge in [0.2, 0.25) is 0 Å². The summed E-state index contributed by atoms with van der Waals surface area (Å²) in [6.07, 6.45) is 3.79. The molecule has 1 unspecified atom stereocenters. The van der Waals surface area contributed by atoms with Crippen LogP contribution in [0.2, 0.25) is 5.02 Å². The van der Waals surface area contributed by atoms with E-state index in [0.29, 0.717) is 16.6 Å². The standard InChI is InChI=1S/C27H30ClN3O2S/c1-6-10-30-23-11-16(2)18(12-21(23)17(3)15-27(30,4)5)13-22-24(32)29-26(34)31(25(22)33)20-9-7-8-19(28)14-20/h7-9,11-14,17H,6,10,15H2,1-5H3,(H,29,32,34)/b22-13-. The molecule has 2 aliphatic heterocycles. The number of carbonyl (C=O) groups is 2. The van der Waals surface area contributed by atoms with Gasteiger partial charge in [-0.3, -0.25) is 19.8 Å². The summed E-state index contributed by atoms with van der Waals surface area (Å²) in [4.78, 5) is 30.0. The van der Waals surface area contributed by atoms with E-state index in [2.05, 4.69) is 50.0 Å². The van der Waals surface area contributed by atoms with E-state index in [0.717, 1.165) is 30.5 Å². The molecule has 2 heterocycles. The fraction of sp³-hybridized carbons (Fsp3) is 0.370. The third-order valence-corrected chi connectivity index (χ3v) is 7.21. The summed E-state index contributed by atoms with van der Waals surface area (Å²) in [7, 11) is 0. The number of nitrogens with zero attached hydrogens (tertiary/aromatic N) is 2. The van der Waals surface area contributed by atoms with Crippen molar-refractivity contribution in [3.05, 3.63) is 63.7 Å². The van der Waals surface area contributed by atoms with Gasteiger partial charge in [-0.2, -0.15) is 0 Å². The number of nitrogens with one attached hydrogen (secondary N) is 1. The molecule has 2 aromatic rings. The van der Waals surface area contributed by atoms with Crippen LogP contribution in [-0.2, 0) is 9.59 Å². The molecule has 0 spiro atoms. The van der Waals surface area contributed by atoms with Crippen LogP contribution in [-0.4, -0.2) is 29.0 Å². The average molecular weight is 496 g/mol. The van der Waals surface area contributed by atoms with Crippen LogP contribution < -0.4 is 15.1 Å². The molecule has 0 saturated carbocycles. The minimum atomic E-state index is -0.493. The molecule has 0 aliphatic carbocycles. The lowest BCUT2D eigenvalue weighted by atomic mass is 9.78. The van der Waals surface area contributed by atoms with Crippen molar-refractivity contribution in [3.63, 3.8) is 0 Å². The normalized spacial score (nSPS) is 21.1. The SMILES string of the molecule is CCCN1c2cc(C)c(/C=C3/C(=O)NC(=S)N(c4cccc(Cl)c4)C3=O)cc2C(C)CC1(C)C. The molecule has 34 heavy (non-hydrogen) atoms. The van der Waals surface area contributed by atoms with E-state index in [1.165, 1.54) is 16.2 Å². The molecule has 1 saturated heterocycles. The summed E-state index contributed by atoms with van der Waals surface area (Å²) in [6, 6.07) is 11.2. The fourth-order valence-electron chi connectivity index (χ4n) is 5.12. The zero-order chi connectivity index (χ0) is 24.8. The number of hydrogen-bond acceptors (Lipinski definition) is 4. The van der Waals surface area contributed by atoms with Crippen molar-refractivity contribution in [2.24, 2.45) is 0 Å². The van der Waals surface area contributed by atoms with Gasteiger partial charge in [0.15, 0.2) is 5.11 Å². The lowest BCUT2D eigenvalue weighted by molar-refractivity contribution is -0.122. The zero-order valence-corrected chi connectivity index (χ0v) is 21.8. The number of hydrogen-bond donors (Lipinski definition) is 1. The molecule has 7 heteroatoms. The van der Waals surface area contributed by atoms with Crippen molar-refractivity contribution in [3.8, 4) is 0 Å². The van der Waals surface area contributed by atoms with Crippen LogP contribution in [0.3, 0.4) is 0 Å². The highest BCUT2D eigenvalue weighted by molar-refractivity contribution is 7.80. The van der Waals surface area contributed by atoms with Crippen molar-refractivity contribution >= 4 is 58.2 Å². The van der Waals surface area contributed by atoms with Gasteiger partial charge in [-0.05, 0) is 105 Å². The minimum absolute atomic E-state index is 0.0441. The third kappa shape index (κ3) is 4.37. The third-order valence-electron chi connectivity index (χ3n) is 6.69. The zero-order valence-electron chi connectivity index (χ0n) is 20.2. The second kappa shape index (κ2) is 9.16. The number of rotatable bonds is 4. The van der Waals surface area contributed by atoms with E-state index in [1.807, 2.05) is 6.92 Å². The number of halogens is 1. The van der Waals surface area contributed by atoms with Gasteiger partial charge < -0.3 is 4.90 Å². The predicted molar refractivity (Wildman–Crippen MR) is 144 cm³/mol. The summed E-state index contributed by atoms with van der Waals surface area (Å²) in [5.74, 6) is -0.593. The van der Waals surface area contributed by atoms with E-state index < -0.39 is 11.8 Å². The predicted octanol–water partition coefficient (Wildman–Crippen LogP) is 5.98. The van der Waals surface area contributed by atoms with Crippen LogP contribution in [0.15, 0.2) is 42.0 Å². The molecule has 1 N–H and O–H groups in total. The van der Waals surface area contributed by atoms with Gasteiger partial charge >= 0.3 is 0 Å². The summed E-state index contributed by atoms with van der Waals surface area (Å²) in [5, 5.41) is 3.18. The lowest BCUT2D eigenvalue weighted by Crippen LogP contribution is -2.54. The number of amides is 2. The van der Waals surface area contributed by atoms with Crippen molar-refractivity contribution in [2.45, 2.75) is 58.9 Å². The molecular formula is C27H30ClN3O2S. The lowest BCUT2D eigenvalue weighted by Gasteiger charge is -2.48. The smallest absolute Gasteiger partial charge is 0.270 e. The Labute approximate surface area is 211 Å². The molecule has 178 valence electrons. The molecule has 1 fully saturated rings. The van der Waals surface area contributed by atoms with E-state index in [1.54, 1.807) is 30.3 Å². The first-order valence-electron chi connectivity index (χ1n) is 11.6. The largest absolute Gasteiger partial charge is 0.366 e. The van der Waals surface area contributed by atoms with Crippen LogP contribution in [0.4, 0.5) is 11.4 Å². The fourth-order valence-corrected chi connectivity index (χ4v) is 5.58. The summed E-state index contributed by atoms with van der Waals surface area (Å²) in [5.41, 5.74) is 5.00. The molecule has 0 bridgehead atoms. The van der Waals surface area contributed by atoms with Crippen molar-refractivity contribution in [2.75, 3.05) is 16.3 Å². The average Bonchev–Trinajstić information content (AvgIpc) is 2.74. The first-order valence-corrected chi connectivity index (χ1v) is 12.4. The Hall–Kier alpha value is -2.70. The molecule has 2 amide bonds. The van der Waals surface area contributed by atoms with Crippen molar-refractivity contribution in [1.82, 2.24) is 5.32 Å². The van der Waals surface area contributed by atoms with Gasteiger partial charge in [0.25, 0.3) is 11.8 Å². The molecule has 1 atom stereocenters. The van der Waals surface area contributed by atoms with Crippen molar-refractivity contribution in [1.29, 1.82) is 0 Å². The second-order valence-corrected chi connectivity index (χ2v) is 10.6. The van der Waals surface area contributed by atoms with Crippen LogP contribution in [0.25, 0.3) is 6.08 Å². The minimum Gasteiger partial charge on any atom is -0.366 e. The molecule has 0 radical (unpaired) electrons. The molecular weight excluding hydrogens is 466 g/mol. The number of carbonyl (C=O) groups excluding carboxylic acids is 2. The van der Waals surface area contributed by atoms with Crippen LogP contribution in [0, 0.1) is 6.92 Å². The van der Waals surface area contributed by atoms with Crippen LogP contribution in [0.1, 0.15) is 63.1 Å². The molecule has 2 aliphatic rings. The maximum atomic E-state index is 13.4. The quantitative estimate of drug-likeness (QED) is 0.322. The molecule has 4 rings (SSSR count). The molecule has 5 nitrogen and oxygen atoms in total. The van der Waals surface area contributed by atoms with E-state index in [-0.39, 0.29) is 16.2 Å². The monoisotopic (exact) mass is 495 g/mol. The highest BCUT2D eigenvalue weighted by Crippen LogP contribution is 2.44. The first kappa shape index (κ1) is 24.4. The van der Waals surface area contributed by atoms with E-state index in [9.17, 15) is 9.59 Å². The second-order valence-electron chi connectivity index (χ2n) is 9.77. The van der Waals surface area contributed by atoms with E-state index >= 15 is 0 Å². The molecule has 2 aromatic carbocycles. The van der Waals surface area contributed by atoms with Gasteiger partial charge in [-0.15, -0.1) is 0 Å². The van der Waals surface area contributed by atoms with Crippen LogP contribution in [0.5, 0.6) is 0 Å². The first-order chi connectivity index (χ1) is 16.0. The number of fused-ring (bicyclic) bond motifs is 1. The highest BCUT2D eigenvalue weighted by atomic mass is 35.5. The van der Waals surface area contributed by atoms with Crippen molar-refractivity contribution < 1.29 is 9.59 Å². The van der Waals surface area contributed by atoms with Gasteiger partial charge in [0.1, 0.15) is 5.57 Å². The number of anilines is 2. The summed E-state index contributed by atoms with van der Waals surface area (Å²) >= 11 is 11.4. The Kier molecular flexibility index (Phi) is 6.58. The maximum absolute atomic E-state index is 13.4. The highest BCUT2D eigenvalue weighted by Gasteiger charge is 2.37. The number of thiocarbonyl (C=S) groups is 1. The Morgan fingerprint density at radius 2 is 1.97 bits per heavy atom. The van der Waals surface area contributed by atoms with Crippen LogP contribution >= 0.6 is 23.8 Å². The number of benzene rings is 2. The molecule has 0 aromatic heterocycles. The number of aryl methyl sites for hydroxylation is 1. The Morgan fingerprint density at radius 3 is 2.65 bits per heavy atom. The van der Waals surface area contributed by atoms with Gasteiger partial charge in [0.05, 0.1) is 5.69 Å². The summed E-state index contributed by atoms with van der Waals surface area (Å²) < 4.78 is 0. The maximum Gasteiger partial charge on any atom is 0.270 e. The van der Waals surface area contributed by atoms with Gasteiger partial charge in [-0.1, -0.05) is 31.5 Å². The summed E-state index contributed by atoms with van der Waals surface area (Å²) in [6.45, 7) is 12.0. The van der Waals surface area contributed by atoms with Gasteiger partial charge in [-0.25, -0.2) is 0 Å².